The smallest absolute Gasteiger partial charge is 0.270 e. The quantitative estimate of drug-likeness (QED) is 0.431. The topological polar surface area (TPSA) is 101 Å². The number of amides is 1. The van der Waals surface area contributed by atoms with E-state index in [-0.39, 0.29) is 41.5 Å². The van der Waals surface area contributed by atoms with Crippen molar-refractivity contribution in [2.45, 2.75) is 70.7 Å². The van der Waals surface area contributed by atoms with E-state index >= 15 is 0 Å². The summed E-state index contributed by atoms with van der Waals surface area (Å²) in [6.45, 7) is 9.05. The molecule has 1 amide bonds. The average Bonchev–Trinajstić information content (AvgIpc) is 2.73. The minimum Gasteiger partial charge on any atom is -0.340 e. The second kappa shape index (κ2) is 10.3. The molecule has 8 nitrogen and oxygen atoms in total. The van der Waals surface area contributed by atoms with Gasteiger partial charge >= 0.3 is 0 Å². The minimum absolute atomic E-state index is 0.0364. The van der Waals surface area contributed by atoms with Crippen molar-refractivity contribution in [2.75, 3.05) is 19.6 Å². The van der Waals surface area contributed by atoms with E-state index in [1.807, 2.05) is 4.90 Å². The van der Waals surface area contributed by atoms with Gasteiger partial charge in [-0.3, -0.25) is 14.9 Å². The molecule has 0 aliphatic carbocycles. The van der Waals surface area contributed by atoms with Crippen LogP contribution >= 0.6 is 0 Å². The van der Waals surface area contributed by atoms with Gasteiger partial charge in [0.05, 0.1) is 9.82 Å². The van der Waals surface area contributed by atoms with E-state index in [1.54, 1.807) is 6.92 Å². The van der Waals surface area contributed by atoms with Crippen LogP contribution in [-0.4, -0.2) is 54.1 Å². The first-order valence-electron chi connectivity index (χ1n) is 10.7. The lowest BCUT2D eigenvalue weighted by molar-refractivity contribution is -0.385. The van der Waals surface area contributed by atoms with E-state index in [1.165, 1.54) is 16.4 Å². The van der Waals surface area contributed by atoms with E-state index in [2.05, 4.69) is 20.8 Å². The van der Waals surface area contributed by atoms with Crippen molar-refractivity contribution in [3.63, 3.8) is 0 Å². The lowest BCUT2D eigenvalue weighted by atomic mass is 9.95. The highest BCUT2D eigenvalue weighted by atomic mass is 32.2. The van der Waals surface area contributed by atoms with Crippen molar-refractivity contribution in [3.8, 4) is 0 Å². The van der Waals surface area contributed by atoms with Gasteiger partial charge in [0.1, 0.15) is 0 Å². The first-order valence-corrected chi connectivity index (χ1v) is 12.1. The molecule has 1 atom stereocenters. The van der Waals surface area contributed by atoms with E-state index in [9.17, 15) is 23.3 Å². The molecule has 0 saturated carbocycles. The molecular formula is C21H33N3O5S. The molecule has 9 heteroatoms. The molecule has 1 aliphatic rings. The molecular weight excluding hydrogens is 406 g/mol. The maximum absolute atomic E-state index is 13.1. The Kier molecular flexibility index (Phi) is 8.37. The van der Waals surface area contributed by atoms with Gasteiger partial charge in [-0.05, 0) is 45.1 Å². The number of hydrogen-bond donors (Lipinski definition) is 0. The number of rotatable bonds is 9. The van der Waals surface area contributed by atoms with E-state index in [0.29, 0.717) is 18.4 Å². The Hall–Kier alpha value is -2.00. The summed E-state index contributed by atoms with van der Waals surface area (Å²) in [5, 5.41) is 11.1. The third-order valence-corrected chi connectivity index (χ3v) is 8.00. The van der Waals surface area contributed by atoms with Crippen molar-refractivity contribution < 1.29 is 18.1 Å². The SMILES string of the molecule is CCCCN(C(=O)C1CCN(S(=O)(=O)c2cc([N+](=O)[O-])ccc2C)CC1)C(C)CC. The predicted octanol–water partition coefficient (Wildman–Crippen LogP) is 3.73. The Bertz CT molecular complexity index is 863. The fourth-order valence-electron chi connectivity index (χ4n) is 3.79. The molecule has 1 aliphatic heterocycles. The molecule has 1 unspecified atom stereocenters. The molecule has 1 heterocycles. The van der Waals surface area contributed by atoms with Gasteiger partial charge in [0.15, 0.2) is 0 Å². The zero-order valence-electron chi connectivity index (χ0n) is 18.3. The molecule has 2 rings (SSSR count). The van der Waals surface area contributed by atoms with Crippen molar-refractivity contribution in [2.24, 2.45) is 5.92 Å². The van der Waals surface area contributed by atoms with Gasteiger partial charge < -0.3 is 4.90 Å². The highest BCUT2D eigenvalue weighted by Crippen LogP contribution is 2.29. The average molecular weight is 440 g/mol. The summed E-state index contributed by atoms with van der Waals surface area (Å²) >= 11 is 0. The van der Waals surface area contributed by atoms with E-state index in [0.717, 1.165) is 31.9 Å². The molecule has 0 aromatic heterocycles. The Morgan fingerprint density at radius 1 is 1.30 bits per heavy atom. The molecule has 1 aromatic rings. The maximum atomic E-state index is 13.1. The normalized spacial score (nSPS) is 16.9. The van der Waals surface area contributed by atoms with Crippen LogP contribution in [0, 0.1) is 23.0 Å². The predicted molar refractivity (Wildman–Crippen MR) is 116 cm³/mol. The largest absolute Gasteiger partial charge is 0.340 e. The zero-order valence-corrected chi connectivity index (χ0v) is 19.2. The van der Waals surface area contributed by atoms with Crippen LogP contribution in [0.2, 0.25) is 0 Å². The number of unbranched alkanes of at least 4 members (excludes halogenated alkanes) is 1. The van der Waals surface area contributed by atoms with Crippen molar-refractivity contribution in [1.29, 1.82) is 0 Å². The minimum atomic E-state index is -3.85. The number of benzene rings is 1. The Labute approximate surface area is 179 Å². The fourth-order valence-corrected chi connectivity index (χ4v) is 5.51. The first kappa shape index (κ1) is 24.3. The summed E-state index contributed by atoms with van der Waals surface area (Å²) < 4.78 is 27.5. The lowest BCUT2D eigenvalue weighted by Crippen LogP contribution is -2.47. The van der Waals surface area contributed by atoms with Crippen molar-refractivity contribution in [3.05, 3.63) is 33.9 Å². The molecule has 0 spiro atoms. The summed E-state index contributed by atoms with van der Waals surface area (Å²) in [7, 11) is -3.85. The monoisotopic (exact) mass is 439 g/mol. The van der Waals surface area contributed by atoms with Gasteiger partial charge in [-0.1, -0.05) is 26.3 Å². The number of carbonyl (C=O) groups is 1. The Balaban J connectivity index is 2.13. The number of sulfonamides is 1. The molecule has 1 saturated heterocycles. The van der Waals surface area contributed by atoms with Crippen LogP contribution in [0.5, 0.6) is 0 Å². The van der Waals surface area contributed by atoms with Crippen LogP contribution in [0.1, 0.15) is 58.4 Å². The molecule has 30 heavy (non-hydrogen) atoms. The third kappa shape index (κ3) is 5.37. The van der Waals surface area contributed by atoms with Crippen molar-refractivity contribution in [1.82, 2.24) is 9.21 Å². The number of nitrogens with zero attached hydrogens (tertiary/aromatic N) is 3. The molecule has 1 fully saturated rings. The highest BCUT2D eigenvalue weighted by Gasteiger charge is 2.35. The number of aryl methyl sites for hydroxylation is 1. The first-order chi connectivity index (χ1) is 14.1. The number of non-ortho nitro benzene ring substituents is 1. The van der Waals surface area contributed by atoms with Crippen LogP contribution in [0.3, 0.4) is 0 Å². The van der Waals surface area contributed by atoms with Gasteiger partial charge in [0.25, 0.3) is 5.69 Å². The van der Waals surface area contributed by atoms with Gasteiger partial charge in [-0.15, -0.1) is 0 Å². The van der Waals surface area contributed by atoms with Gasteiger partial charge in [0, 0.05) is 43.7 Å². The Morgan fingerprint density at radius 2 is 1.93 bits per heavy atom. The molecule has 1 aromatic carbocycles. The van der Waals surface area contributed by atoms with Crippen LogP contribution in [0.4, 0.5) is 5.69 Å². The number of hydrogen-bond acceptors (Lipinski definition) is 5. The van der Waals surface area contributed by atoms with E-state index in [4.69, 9.17) is 0 Å². The summed E-state index contributed by atoms with van der Waals surface area (Å²) in [4.78, 5) is 25.5. The number of nitro groups is 1. The summed E-state index contributed by atoms with van der Waals surface area (Å²) in [5.41, 5.74) is 0.227. The standard InChI is InChI=1S/C21H33N3O5S/c1-5-7-12-23(17(4)6-2)21(25)18-10-13-22(14-11-18)30(28,29)20-15-19(24(26)27)9-8-16(20)3/h8-9,15,17-18H,5-7,10-14H2,1-4H3. The molecule has 0 bridgehead atoms. The van der Waals surface area contributed by atoms with Gasteiger partial charge in [-0.2, -0.15) is 4.31 Å². The second-order valence-corrected chi connectivity index (χ2v) is 9.93. The fraction of sp³-hybridized carbons (Fsp3) is 0.667. The van der Waals surface area contributed by atoms with Gasteiger partial charge in [0.2, 0.25) is 15.9 Å². The summed E-state index contributed by atoms with van der Waals surface area (Å²) in [5.74, 6) is -0.0742. The van der Waals surface area contributed by atoms with Gasteiger partial charge in [-0.25, -0.2) is 8.42 Å². The molecule has 168 valence electrons. The van der Waals surface area contributed by atoms with Crippen LogP contribution in [0.15, 0.2) is 23.1 Å². The third-order valence-electron chi connectivity index (χ3n) is 5.96. The highest BCUT2D eigenvalue weighted by molar-refractivity contribution is 7.89. The van der Waals surface area contributed by atoms with Crippen molar-refractivity contribution >= 4 is 21.6 Å². The molecule has 0 radical (unpaired) electrons. The number of nitro benzene ring substituents is 1. The van der Waals surface area contributed by atoms with E-state index < -0.39 is 14.9 Å². The Morgan fingerprint density at radius 3 is 2.47 bits per heavy atom. The maximum Gasteiger partial charge on any atom is 0.270 e. The van der Waals surface area contributed by atoms with Crippen LogP contribution in [-0.2, 0) is 14.8 Å². The second-order valence-electron chi connectivity index (χ2n) is 8.03. The van der Waals surface area contributed by atoms with Crippen LogP contribution in [0.25, 0.3) is 0 Å². The molecule has 0 N–H and O–H groups in total. The number of carbonyl (C=O) groups excluding carboxylic acids is 1. The zero-order chi connectivity index (χ0) is 22.5. The lowest BCUT2D eigenvalue weighted by Gasteiger charge is -2.36. The van der Waals surface area contributed by atoms with Crippen LogP contribution < -0.4 is 0 Å². The number of piperidine rings is 1. The summed E-state index contributed by atoms with van der Waals surface area (Å²) in [6.07, 6.45) is 3.78. The summed E-state index contributed by atoms with van der Waals surface area (Å²) in [6, 6.07) is 4.05.